The van der Waals surface area contributed by atoms with Crippen LogP contribution in [0.2, 0.25) is 0 Å². The first-order chi connectivity index (χ1) is 10.2. The molecule has 112 valence electrons. The Labute approximate surface area is 126 Å². The zero-order valence-corrected chi connectivity index (χ0v) is 13.5. The highest BCUT2D eigenvalue weighted by Gasteiger charge is 2.36. The van der Waals surface area contributed by atoms with Gasteiger partial charge in [-0.3, -0.25) is 9.88 Å². The molecule has 21 heavy (non-hydrogen) atoms. The van der Waals surface area contributed by atoms with E-state index in [4.69, 9.17) is 0 Å². The van der Waals surface area contributed by atoms with E-state index in [1.807, 2.05) is 19.2 Å². The minimum absolute atomic E-state index is 0.0706. The van der Waals surface area contributed by atoms with Crippen LogP contribution in [-0.4, -0.2) is 27.4 Å². The summed E-state index contributed by atoms with van der Waals surface area (Å²) in [4.78, 5) is 20.4. The third-order valence-corrected chi connectivity index (χ3v) is 4.70. The second-order valence-corrected chi connectivity index (χ2v) is 6.29. The van der Waals surface area contributed by atoms with Gasteiger partial charge in [-0.25, -0.2) is 9.97 Å². The number of aldehydes is 1. The average molecular weight is 304 g/mol. The summed E-state index contributed by atoms with van der Waals surface area (Å²) >= 11 is 0. The molecule has 1 unspecified atom stereocenters. The normalized spacial score (nSPS) is 18.0. The highest BCUT2D eigenvalue weighted by atomic mass is 31.0. The van der Waals surface area contributed by atoms with Crippen LogP contribution < -0.4 is 5.09 Å². The van der Waals surface area contributed by atoms with Crippen LogP contribution in [0.15, 0.2) is 12.3 Å². The molecule has 0 aromatic carbocycles. The molecule has 0 amide bonds. The number of carbonyl (C=O) groups excluding carboxylic acids is 1. The maximum Gasteiger partial charge on any atom is 0.166 e. The van der Waals surface area contributed by atoms with Gasteiger partial charge >= 0.3 is 0 Å². The number of fused-ring (bicyclic) bond motifs is 1. The van der Waals surface area contributed by atoms with Gasteiger partial charge < -0.3 is 4.57 Å². The summed E-state index contributed by atoms with van der Waals surface area (Å²) in [5.74, 6) is 0.740. The van der Waals surface area contributed by atoms with Gasteiger partial charge in [-0.05, 0) is 25.8 Å². The molecule has 2 heterocycles. The largest absolute Gasteiger partial charge is 0.315 e. The fourth-order valence-electron chi connectivity index (χ4n) is 3.56. The Morgan fingerprint density at radius 1 is 1.43 bits per heavy atom. The Balaban J connectivity index is 2.24. The smallest absolute Gasteiger partial charge is 0.166 e. The number of hydrogen-bond acceptors (Lipinski definition) is 4. The molecule has 2 aromatic heterocycles. The maximum absolute atomic E-state index is 11.6. The van der Waals surface area contributed by atoms with Gasteiger partial charge in [0.1, 0.15) is 11.5 Å². The molecule has 0 aliphatic heterocycles. The SMILES string of the molecule is Cc1ncc2cc(C=O)n(C3(CNP)CCCCC3)c2n1. The molecule has 1 aliphatic rings. The van der Waals surface area contributed by atoms with E-state index in [1.165, 1.54) is 19.3 Å². The van der Waals surface area contributed by atoms with Crippen molar-refractivity contribution in [3.63, 3.8) is 0 Å². The van der Waals surface area contributed by atoms with E-state index in [9.17, 15) is 4.79 Å². The van der Waals surface area contributed by atoms with Crippen molar-refractivity contribution >= 4 is 26.7 Å². The Hall–Kier alpha value is -1.32. The van der Waals surface area contributed by atoms with Crippen molar-refractivity contribution in [2.24, 2.45) is 0 Å². The monoisotopic (exact) mass is 304 g/mol. The van der Waals surface area contributed by atoms with E-state index in [1.54, 1.807) is 0 Å². The Kier molecular flexibility index (Phi) is 4.05. The number of nitrogens with one attached hydrogen (secondary N) is 1. The van der Waals surface area contributed by atoms with Gasteiger partial charge in [0.15, 0.2) is 6.29 Å². The van der Waals surface area contributed by atoms with E-state index < -0.39 is 0 Å². The van der Waals surface area contributed by atoms with E-state index in [0.29, 0.717) is 5.69 Å². The zero-order valence-electron chi connectivity index (χ0n) is 12.3. The van der Waals surface area contributed by atoms with Crippen molar-refractivity contribution in [2.75, 3.05) is 6.54 Å². The summed E-state index contributed by atoms with van der Waals surface area (Å²) in [7, 11) is 2.58. The fraction of sp³-hybridized carbons (Fsp3) is 0.533. The molecule has 0 radical (unpaired) electrons. The molecular weight excluding hydrogens is 283 g/mol. The van der Waals surface area contributed by atoms with E-state index in [-0.39, 0.29) is 5.54 Å². The van der Waals surface area contributed by atoms with Crippen molar-refractivity contribution in [1.29, 1.82) is 0 Å². The summed E-state index contributed by atoms with van der Waals surface area (Å²) < 4.78 is 2.15. The van der Waals surface area contributed by atoms with Crippen LogP contribution >= 0.6 is 9.39 Å². The van der Waals surface area contributed by atoms with Crippen molar-refractivity contribution in [3.05, 3.63) is 23.8 Å². The predicted octanol–water partition coefficient (Wildman–Crippen LogP) is 2.59. The quantitative estimate of drug-likeness (QED) is 0.697. The van der Waals surface area contributed by atoms with Gasteiger partial charge in [0, 0.05) is 18.1 Å². The van der Waals surface area contributed by atoms with Crippen LogP contribution in [-0.2, 0) is 5.54 Å². The number of rotatable bonds is 4. The van der Waals surface area contributed by atoms with Gasteiger partial charge in [0.2, 0.25) is 0 Å². The highest BCUT2D eigenvalue weighted by Crippen LogP contribution is 2.38. The summed E-state index contributed by atoms with van der Waals surface area (Å²) in [5, 5.41) is 4.17. The third kappa shape index (κ3) is 2.49. The van der Waals surface area contributed by atoms with E-state index >= 15 is 0 Å². The average Bonchev–Trinajstić information content (AvgIpc) is 2.86. The molecule has 2 aromatic rings. The second-order valence-electron chi connectivity index (χ2n) is 5.88. The first-order valence-corrected chi connectivity index (χ1v) is 8.02. The lowest BCUT2D eigenvalue weighted by molar-refractivity contribution is 0.110. The fourth-order valence-corrected chi connectivity index (χ4v) is 3.94. The van der Waals surface area contributed by atoms with Crippen molar-refractivity contribution in [2.45, 2.75) is 44.6 Å². The lowest BCUT2D eigenvalue weighted by Crippen LogP contribution is -2.43. The summed E-state index contributed by atoms with van der Waals surface area (Å²) in [6.07, 6.45) is 8.54. The third-order valence-electron chi connectivity index (χ3n) is 4.50. The molecule has 0 saturated heterocycles. The minimum atomic E-state index is -0.0706. The molecule has 3 rings (SSSR count). The summed E-state index contributed by atoms with van der Waals surface area (Å²) in [5.41, 5.74) is 1.51. The van der Waals surface area contributed by atoms with E-state index in [2.05, 4.69) is 29.0 Å². The Morgan fingerprint density at radius 2 is 2.19 bits per heavy atom. The highest BCUT2D eigenvalue weighted by molar-refractivity contribution is 7.13. The lowest BCUT2D eigenvalue weighted by atomic mass is 9.81. The van der Waals surface area contributed by atoms with Gasteiger partial charge in [-0.1, -0.05) is 28.7 Å². The standard InChI is InChI=1S/C15H21N4OP/c1-11-16-8-12-7-13(9-20)19(14(12)18-11)15(10-17-21)5-3-2-4-6-15/h7-9,17H,2-6,10,21H2,1H3. The van der Waals surface area contributed by atoms with Gasteiger partial charge in [-0.2, -0.15) is 0 Å². The number of hydrogen-bond donors (Lipinski definition) is 1. The molecule has 0 bridgehead atoms. The van der Waals surface area contributed by atoms with Crippen LogP contribution in [0.5, 0.6) is 0 Å². The number of aromatic nitrogens is 3. The Bertz CT molecular complexity index is 655. The molecule has 1 saturated carbocycles. The summed E-state index contributed by atoms with van der Waals surface area (Å²) in [6.45, 7) is 2.71. The second kappa shape index (κ2) is 5.82. The topological polar surface area (TPSA) is 59.8 Å². The minimum Gasteiger partial charge on any atom is -0.315 e. The van der Waals surface area contributed by atoms with Crippen LogP contribution in [0, 0.1) is 6.92 Å². The number of nitrogens with zero attached hydrogens (tertiary/aromatic N) is 3. The van der Waals surface area contributed by atoms with Crippen molar-refractivity contribution < 1.29 is 4.79 Å². The molecular formula is C15H21N4OP. The maximum atomic E-state index is 11.6. The lowest BCUT2D eigenvalue weighted by Gasteiger charge is -2.39. The number of aryl methyl sites for hydroxylation is 1. The Morgan fingerprint density at radius 3 is 2.86 bits per heavy atom. The van der Waals surface area contributed by atoms with Gasteiger partial charge in [-0.15, -0.1) is 0 Å². The molecule has 1 atom stereocenters. The number of carbonyl (C=O) groups is 1. The first-order valence-electron chi connectivity index (χ1n) is 7.44. The van der Waals surface area contributed by atoms with Crippen LogP contribution in [0.1, 0.15) is 48.4 Å². The van der Waals surface area contributed by atoms with Crippen molar-refractivity contribution in [1.82, 2.24) is 19.6 Å². The predicted molar refractivity (Wildman–Crippen MR) is 86.4 cm³/mol. The summed E-state index contributed by atoms with van der Waals surface area (Å²) in [6, 6.07) is 1.90. The molecule has 5 nitrogen and oxygen atoms in total. The molecule has 1 fully saturated rings. The molecule has 6 heteroatoms. The van der Waals surface area contributed by atoms with Crippen LogP contribution in [0.4, 0.5) is 0 Å². The van der Waals surface area contributed by atoms with Gasteiger partial charge in [0.05, 0.1) is 11.2 Å². The van der Waals surface area contributed by atoms with Gasteiger partial charge in [0.25, 0.3) is 0 Å². The zero-order chi connectivity index (χ0) is 14.9. The molecule has 0 spiro atoms. The van der Waals surface area contributed by atoms with Crippen LogP contribution in [0.25, 0.3) is 11.0 Å². The molecule has 1 N–H and O–H groups in total. The first kappa shape index (κ1) is 14.6. The van der Waals surface area contributed by atoms with Crippen molar-refractivity contribution in [3.8, 4) is 0 Å². The molecule has 1 aliphatic carbocycles. The van der Waals surface area contributed by atoms with E-state index in [0.717, 1.165) is 42.5 Å². The van der Waals surface area contributed by atoms with Crippen LogP contribution in [0.3, 0.4) is 0 Å².